The first-order valence-electron chi connectivity index (χ1n) is 9.86. The lowest BCUT2D eigenvalue weighted by Crippen LogP contribution is -1.92. The van der Waals surface area contributed by atoms with Gasteiger partial charge in [0, 0.05) is 16.2 Å². The highest BCUT2D eigenvalue weighted by Gasteiger charge is 2.09. The van der Waals surface area contributed by atoms with E-state index in [4.69, 9.17) is 0 Å². The Kier molecular flexibility index (Phi) is 9.21. The molecule has 150 valence electrons. The van der Waals surface area contributed by atoms with Crippen molar-refractivity contribution < 1.29 is 0 Å². The predicted molar refractivity (Wildman–Crippen MR) is 120 cm³/mol. The van der Waals surface area contributed by atoms with Crippen LogP contribution >= 0.6 is 11.8 Å². The van der Waals surface area contributed by atoms with Crippen molar-refractivity contribution in [3.63, 3.8) is 0 Å². The summed E-state index contributed by atoms with van der Waals surface area (Å²) in [6.45, 7) is 8.79. The van der Waals surface area contributed by atoms with Crippen LogP contribution < -0.4 is 0 Å². The molecule has 0 amide bonds. The number of hydrogen-bond acceptors (Lipinski definition) is 4. The van der Waals surface area contributed by atoms with Gasteiger partial charge in [-0.3, -0.25) is 0 Å². The number of aromatic nitrogens is 4. The van der Waals surface area contributed by atoms with Crippen LogP contribution in [0.1, 0.15) is 53.4 Å². The maximum absolute atomic E-state index is 4.33. The summed E-state index contributed by atoms with van der Waals surface area (Å²) in [4.78, 5) is 2.69. The van der Waals surface area contributed by atoms with E-state index in [0.29, 0.717) is 5.82 Å². The third-order valence-corrected chi connectivity index (χ3v) is 5.43. The maximum Gasteiger partial charge on any atom is 0.206 e. The molecule has 28 heavy (non-hydrogen) atoms. The van der Waals surface area contributed by atoms with E-state index in [1.807, 2.05) is 17.8 Å². The molecule has 5 heteroatoms. The van der Waals surface area contributed by atoms with Gasteiger partial charge in [-0.25, -0.2) is 0 Å². The zero-order valence-electron chi connectivity index (χ0n) is 17.8. The number of rotatable bonds is 10. The van der Waals surface area contributed by atoms with Crippen molar-refractivity contribution in [1.82, 2.24) is 20.2 Å². The van der Waals surface area contributed by atoms with Crippen LogP contribution in [0.4, 0.5) is 0 Å². The molecule has 4 nitrogen and oxygen atoms in total. The zero-order chi connectivity index (χ0) is 20.4. The van der Waals surface area contributed by atoms with Crippen LogP contribution in [0, 0.1) is 0 Å². The van der Waals surface area contributed by atoms with Crippen molar-refractivity contribution in [1.29, 1.82) is 0 Å². The van der Waals surface area contributed by atoms with Crippen molar-refractivity contribution in [3.8, 4) is 11.4 Å². The Labute approximate surface area is 173 Å². The first-order chi connectivity index (χ1) is 13.5. The summed E-state index contributed by atoms with van der Waals surface area (Å²) in [6.07, 6.45) is 11.6. The molecular formula is C23H32N4S. The fourth-order valence-electron chi connectivity index (χ4n) is 2.78. The summed E-state index contributed by atoms with van der Waals surface area (Å²) in [5.74, 6) is 1.63. The zero-order valence-corrected chi connectivity index (χ0v) is 18.6. The summed E-state index contributed by atoms with van der Waals surface area (Å²) in [6, 6.07) is 8.25. The van der Waals surface area contributed by atoms with E-state index in [0.717, 1.165) is 37.0 Å². The monoisotopic (exact) mass is 396 g/mol. The number of tetrazole rings is 1. The average molecular weight is 397 g/mol. The van der Waals surface area contributed by atoms with E-state index in [2.05, 4.69) is 79.5 Å². The SMILES string of the molecule is CC(C)=CCCC(C)=CCCC(C)=CCSc1ccccc1-c1nnn(C)n1. The molecule has 0 aliphatic carbocycles. The molecule has 1 aromatic carbocycles. The highest BCUT2D eigenvalue weighted by Crippen LogP contribution is 2.29. The molecule has 2 aromatic rings. The number of allylic oxidation sites excluding steroid dienone is 5. The molecule has 0 atom stereocenters. The van der Waals surface area contributed by atoms with Crippen LogP contribution in [0.5, 0.6) is 0 Å². The average Bonchev–Trinajstić information content (AvgIpc) is 3.08. The van der Waals surface area contributed by atoms with Crippen LogP contribution in [0.25, 0.3) is 11.4 Å². The van der Waals surface area contributed by atoms with Gasteiger partial charge in [-0.15, -0.1) is 22.0 Å². The molecule has 0 radical (unpaired) electrons. The first kappa shape index (κ1) is 22.2. The van der Waals surface area contributed by atoms with Crippen molar-refractivity contribution in [2.75, 3.05) is 5.75 Å². The van der Waals surface area contributed by atoms with E-state index in [1.165, 1.54) is 26.4 Å². The van der Waals surface area contributed by atoms with Gasteiger partial charge in [0.15, 0.2) is 0 Å². The molecule has 0 spiro atoms. The van der Waals surface area contributed by atoms with Crippen LogP contribution in [-0.2, 0) is 7.05 Å². The molecule has 0 aliphatic heterocycles. The van der Waals surface area contributed by atoms with Crippen molar-refractivity contribution in [2.24, 2.45) is 7.05 Å². The molecule has 1 aromatic heterocycles. The summed E-state index contributed by atoms with van der Waals surface area (Å²) in [5.41, 5.74) is 5.38. The lowest BCUT2D eigenvalue weighted by molar-refractivity contribution is 0.630. The number of thioether (sulfide) groups is 1. The van der Waals surface area contributed by atoms with Gasteiger partial charge in [-0.2, -0.15) is 4.80 Å². The molecule has 0 aliphatic rings. The van der Waals surface area contributed by atoms with Gasteiger partial charge in [-0.05, 0) is 70.7 Å². The quantitative estimate of drug-likeness (QED) is 0.345. The minimum absolute atomic E-state index is 0.681. The molecule has 0 bridgehead atoms. The van der Waals surface area contributed by atoms with E-state index >= 15 is 0 Å². The van der Waals surface area contributed by atoms with Gasteiger partial charge in [0.05, 0.1) is 7.05 Å². The lowest BCUT2D eigenvalue weighted by atomic mass is 10.1. The Morgan fingerprint density at radius 2 is 1.64 bits per heavy atom. The highest BCUT2D eigenvalue weighted by molar-refractivity contribution is 7.99. The largest absolute Gasteiger partial charge is 0.206 e. The van der Waals surface area contributed by atoms with Crippen LogP contribution in [-0.4, -0.2) is 26.0 Å². The molecule has 2 rings (SSSR count). The Bertz CT molecular complexity index is 842. The van der Waals surface area contributed by atoms with E-state index < -0.39 is 0 Å². The minimum atomic E-state index is 0.681. The van der Waals surface area contributed by atoms with Gasteiger partial charge in [0.1, 0.15) is 0 Å². The van der Waals surface area contributed by atoms with Crippen molar-refractivity contribution in [3.05, 3.63) is 59.2 Å². The second-order valence-corrected chi connectivity index (χ2v) is 8.43. The highest BCUT2D eigenvalue weighted by atomic mass is 32.2. The fourth-order valence-corrected chi connectivity index (χ4v) is 3.82. The van der Waals surface area contributed by atoms with Crippen LogP contribution in [0.2, 0.25) is 0 Å². The molecule has 0 fully saturated rings. The number of benzene rings is 1. The van der Waals surface area contributed by atoms with Gasteiger partial charge in [0.25, 0.3) is 0 Å². The minimum Gasteiger partial charge on any atom is -0.167 e. The Balaban J connectivity index is 1.82. The summed E-state index contributed by atoms with van der Waals surface area (Å²) >= 11 is 1.82. The third-order valence-electron chi connectivity index (χ3n) is 4.43. The van der Waals surface area contributed by atoms with E-state index in [-0.39, 0.29) is 0 Å². The van der Waals surface area contributed by atoms with Gasteiger partial charge in [0.2, 0.25) is 5.82 Å². The van der Waals surface area contributed by atoms with Gasteiger partial charge in [-0.1, -0.05) is 47.1 Å². The van der Waals surface area contributed by atoms with Crippen molar-refractivity contribution >= 4 is 11.8 Å². The first-order valence-corrected chi connectivity index (χ1v) is 10.8. The molecule has 1 heterocycles. The summed E-state index contributed by atoms with van der Waals surface area (Å²) in [7, 11) is 1.79. The number of nitrogens with zero attached hydrogens (tertiary/aromatic N) is 4. The van der Waals surface area contributed by atoms with Crippen LogP contribution in [0.15, 0.2) is 64.1 Å². The fraction of sp³-hybridized carbons (Fsp3) is 0.435. The van der Waals surface area contributed by atoms with Gasteiger partial charge < -0.3 is 0 Å². The third kappa shape index (κ3) is 7.85. The Hall–Kier alpha value is -2.14. The molecular weight excluding hydrogens is 364 g/mol. The standard InChI is InChI=1S/C23H32N4S/c1-18(2)10-8-11-19(3)12-9-13-20(4)16-17-28-22-15-7-6-14-21(22)23-24-26-27(5)25-23/h6-7,10,12,14-16H,8-9,11,13,17H2,1-5H3. The van der Waals surface area contributed by atoms with E-state index in [9.17, 15) is 0 Å². The molecule has 0 saturated heterocycles. The molecule has 0 saturated carbocycles. The molecule has 0 unspecified atom stereocenters. The summed E-state index contributed by atoms with van der Waals surface area (Å²) < 4.78 is 0. The summed E-state index contributed by atoms with van der Waals surface area (Å²) in [5, 5.41) is 12.4. The number of aryl methyl sites for hydroxylation is 1. The second-order valence-electron chi connectivity index (χ2n) is 7.37. The van der Waals surface area contributed by atoms with Crippen molar-refractivity contribution in [2.45, 2.75) is 58.3 Å². The molecule has 0 N–H and O–H groups in total. The lowest BCUT2D eigenvalue weighted by Gasteiger charge is -2.05. The Morgan fingerprint density at radius 3 is 2.32 bits per heavy atom. The van der Waals surface area contributed by atoms with Gasteiger partial charge >= 0.3 is 0 Å². The van der Waals surface area contributed by atoms with Crippen LogP contribution in [0.3, 0.4) is 0 Å². The van der Waals surface area contributed by atoms with E-state index in [1.54, 1.807) is 7.05 Å². The maximum atomic E-state index is 4.33. The smallest absolute Gasteiger partial charge is 0.167 e. The predicted octanol–water partition coefficient (Wildman–Crippen LogP) is 6.39. The second kappa shape index (κ2) is 11.6. The topological polar surface area (TPSA) is 43.6 Å². The Morgan fingerprint density at radius 1 is 0.964 bits per heavy atom. The normalized spacial score (nSPS) is 12.3. The number of hydrogen-bond donors (Lipinski definition) is 0.